The highest BCUT2D eigenvalue weighted by Crippen LogP contribution is 2.15. The maximum Gasteiger partial charge on any atom is 0.306 e. The van der Waals surface area contributed by atoms with Crippen LogP contribution in [0.5, 0.6) is 0 Å². The number of allylic oxidation sites excluding steroid dienone is 8. The smallest absolute Gasteiger partial charge is 0.306 e. The van der Waals surface area contributed by atoms with Gasteiger partial charge in [-0.2, -0.15) is 0 Å². The number of ether oxygens (including phenoxy) is 3. The molecule has 1 unspecified atom stereocenters. The third-order valence-electron chi connectivity index (χ3n) is 12.1. The van der Waals surface area contributed by atoms with Crippen molar-refractivity contribution in [3.63, 3.8) is 0 Å². The molecule has 0 radical (unpaired) electrons. The van der Waals surface area contributed by atoms with Crippen LogP contribution in [0.1, 0.15) is 284 Å². The van der Waals surface area contributed by atoms with Crippen LogP contribution in [-0.4, -0.2) is 37.2 Å². The second-order valence-corrected chi connectivity index (χ2v) is 18.5. The highest BCUT2D eigenvalue weighted by atomic mass is 16.6. The number of carbonyl (C=O) groups is 3. The van der Waals surface area contributed by atoms with Crippen molar-refractivity contribution in [1.82, 2.24) is 0 Å². The fourth-order valence-corrected chi connectivity index (χ4v) is 7.86. The van der Waals surface area contributed by atoms with Crippen LogP contribution in [0.2, 0.25) is 0 Å². The number of hydrogen-bond donors (Lipinski definition) is 0. The first-order valence-electron chi connectivity index (χ1n) is 27.6. The van der Waals surface area contributed by atoms with Gasteiger partial charge in [-0.15, -0.1) is 0 Å². The zero-order chi connectivity index (χ0) is 46.5. The molecule has 0 aromatic carbocycles. The number of rotatable bonds is 50. The van der Waals surface area contributed by atoms with Crippen molar-refractivity contribution in [2.45, 2.75) is 290 Å². The van der Waals surface area contributed by atoms with Gasteiger partial charge >= 0.3 is 17.9 Å². The lowest BCUT2D eigenvalue weighted by atomic mass is 10.1. The summed E-state index contributed by atoms with van der Waals surface area (Å²) in [5.41, 5.74) is 0. The minimum absolute atomic E-state index is 0.0779. The van der Waals surface area contributed by atoms with E-state index >= 15 is 0 Å². The molecule has 6 nitrogen and oxygen atoms in total. The zero-order valence-electron chi connectivity index (χ0n) is 42.6. The van der Waals surface area contributed by atoms with E-state index in [9.17, 15) is 14.4 Å². The topological polar surface area (TPSA) is 78.9 Å². The highest BCUT2D eigenvalue weighted by Gasteiger charge is 2.19. The van der Waals surface area contributed by atoms with Gasteiger partial charge in [0, 0.05) is 19.3 Å². The average molecular weight is 897 g/mol. The first kappa shape index (κ1) is 61.4. The summed E-state index contributed by atoms with van der Waals surface area (Å²) in [5.74, 6) is -0.888. The predicted octanol–water partition coefficient (Wildman–Crippen LogP) is 18.3. The molecule has 0 amide bonds. The van der Waals surface area contributed by atoms with Gasteiger partial charge in [-0.25, -0.2) is 0 Å². The maximum absolute atomic E-state index is 12.8. The molecule has 6 heteroatoms. The van der Waals surface area contributed by atoms with Gasteiger partial charge in [-0.3, -0.25) is 14.4 Å². The number of esters is 3. The average Bonchev–Trinajstić information content (AvgIpc) is 3.29. The molecule has 0 heterocycles. The molecule has 0 spiro atoms. The fourth-order valence-electron chi connectivity index (χ4n) is 7.86. The van der Waals surface area contributed by atoms with E-state index in [-0.39, 0.29) is 31.1 Å². The van der Waals surface area contributed by atoms with E-state index in [1.807, 2.05) is 0 Å². The molecular weight excluding hydrogens is 793 g/mol. The van der Waals surface area contributed by atoms with E-state index in [1.165, 1.54) is 154 Å². The molecule has 64 heavy (non-hydrogen) atoms. The maximum atomic E-state index is 12.8. The molecular formula is C58H104O6. The molecule has 0 rings (SSSR count). The van der Waals surface area contributed by atoms with Crippen molar-refractivity contribution in [3.05, 3.63) is 48.6 Å². The predicted molar refractivity (Wildman–Crippen MR) is 275 cm³/mol. The molecule has 0 saturated heterocycles. The third kappa shape index (κ3) is 50.4. The monoisotopic (exact) mass is 897 g/mol. The molecule has 0 aliphatic carbocycles. The Balaban J connectivity index is 4.30. The van der Waals surface area contributed by atoms with E-state index in [4.69, 9.17) is 14.2 Å². The van der Waals surface area contributed by atoms with Crippen molar-refractivity contribution in [2.24, 2.45) is 0 Å². The third-order valence-corrected chi connectivity index (χ3v) is 12.1. The molecule has 0 aromatic rings. The molecule has 0 aromatic heterocycles. The Morgan fingerprint density at radius 1 is 0.312 bits per heavy atom. The number of hydrogen-bond acceptors (Lipinski definition) is 6. The van der Waals surface area contributed by atoms with Gasteiger partial charge < -0.3 is 14.2 Å². The molecule has 1 atom stereocenters. The second kappa shape index (κ2) is 53.0. The Labute approximate surface area is 397 Å². The summed E-state index contributed by atoms with van der Waals surface area (Å²) >= 11 is 0. The summed E-state index contributed by atoms with van der Waals surface area (Å²) in [4.78, 5) is 38.0. The zero-order valence-corrected chi connectivity index (χ0v) is 42.6. The largest absolute Gasteiger partial charge is 0.462 e. The molecule has 372 valence electrons. The lowest BCUT2D eigenvalue weighted by Gasteiger charge is -2.18. The number of unbranched alkanes of at least 4 members (excludes halogenated alkanes) is 31. The molecule has 0 N–H and O–H groups in total. The van der Waals surface area contributed by atoms with Gasteiger partial charge in [0.2, 0.25) is 0 Å². The van der Waals surface area contributed by atoms with Crippen LogP contribution in [0, 0.1) is 0 Å². The highest BCUT2D eigenvalue weighted by molar-refractivity contribution is 5.71. The molecule has 0 saturated carbocycles. The summed E-state index contributed by atoms with van der Waals surface area (Å²) in [6, 6.07) is 0. The first-order chi connectivity index (χ1) is 31.5. The Hall–Kier alpha value is -2.63. The van der Waals surface area contributed by atoms with Crippen LogP contribution in [0.4, 0.5) is 0 Å². The summed E-state index contributed by atoms with van der Waals surface area (Å²) in [5, 5.41) is 0. The Morgan fingerprint density at radius 3 is 0.891 bits per heavy atom. The van der Waals surface area contributed by atoms with Gasteiger partial charge in [0.25, 0.3) is 0 Å². The molecule has 0 fully saturated rings. The van der Waals surface area contributed by atoms with Crippen molar-refractivity contribution < 1.29 is 28.6 Å². The van der Waals surface area contributed by atoms with Crippen molar-refractivity contribution in [3.8, 4) is 0 Å². The van der Waals surface area contributed by atoms with Gasteiger partial charge in [0.05, 0.1) is 0 Å². The Bertz CT molecular complexity index is 1120. The van der Waals surface area contributed by atoms with Crippen LogP contribution in [0.3, 0.4) is 0 Å². The van der Waals surface area contributed by atoms with Crippen LogP contribution >= 0.6 is 0 Å². The minimum Gasteiger partial charge on any atom is -0.462 e. The van der Waals surface area contributed by atoms with E-state index in [0.29, 0.717) is 19.3 Å². The summed E-state index contributed by atoms with van der Waals surface area (Å²) in [6.07, 6.45) is 63.8. The van der Waals surface area contributed by atoms with E-state index in [1.54, 1.807) is 0 Å². The summed E-state index contributed by atoms with van der Waals surface area (Å²) in [6.45, 7) is 6.59. The van der Waals surface area contributed by atoms with Crippen LogP contribution in [0.15, 0.2) is 48.6 Å². The lowest BCUT2D eigenvalue weighted by Crippen LogP contribution is -2.30. The summed E-state index contributed by atoms with van der Waals surface area (Å²) < 4.78 is 16.8. The lowest BCUT2D eigenvalue weighted by molar-refractivity contribution is -0.167. The van der Waals surface area contributed by atoms with Gasteiger partial charge in [0.1, 0.15) is 13.2 Å². The SMILES string of the molecule is CCCCC/C=C\C/C=C\CCCCCCCC(=O)OC(COC(=O)CCCCCCCCCCCC)COC(=O)CCCCCCCCCCC/C=C\C/C=C\CCCCCCC. The van der Waals surface area contributed by atoms with E-state index in [2.05, 4.69) is 69.4 Å². The standard InChI is InChI=1S/C58H104O6/c1-4-7-10-13-16-19-22-24-26-27-28-29-30-31-33-34-36-39-42-45-48-51-57(60)63-54-55(53-62-56(59)50-47-44-41-38-21-18-15-12-9-6-3)64-58(61)52-49-46-43-40-37-35-32-25-23-20-17-14-11-8-5-2/h17,20,22,24-25,27-28,32,55H,4-16,18-19,21,23,26,29-31,33-54H2,1-3H3/b20-17-,24-22-,28-27-,32-25-. The van der Waals surface area contributed by atoms with E-state index < -0.39 is 6.10 Å². The fraction of sp³-hybridized carbons (Fsp3) is 0.810. The van der Waals surface area contributed by atoms with E-state index in [0.717, 1.165) is 89.9 Å². The van der Waals surface area contributed by atoms with Crippen LogP contribution in [-0.2, 0) is 28.6 Å². The molecule has 0 aliphatic rings. The van der Waals surface area contributed by atoms with Crippen molar-refractivity contribution >= 4 is 17.9 Å². The molecule has 0 bridgehead atoms. The Morgan fingerprint density at radius 2 is 0.562 bits per heavy atom. The van der Waals surface area contributed by atoms with Gasteiger partial charge in [-0.05, 0) is 83.5 Å². The second-order valence-electron chi connectivity index (χ2n) is 18.5. The van der Waals surface area contributed by atoms with Gasteiger partial charge in [-0.1, -0.05) is 230 Å². The Kier molecular flexibility index (Phi) is 50.8. The van der Waals surface area contributed by atoms with Crippen LogP contribution < -0.4 is 0 Å². The quantitative estimate of drug-likeness (QED) is 0.0262. The van der Waals surface area contributed by atoms with Crippen molar-refractivity contribution in [1.29, 1.82) is 0 Å². The molecule has 0 aliphatic heterocycles. The number of carbonyl (C=O) groups excluding carboxylic acids is 3. The van der Waals surface area contributed by atoms with Crippen LogP contribution in [0.25, 0.3) is 0 Å². The minimum atomic E-state index is -0.779. The van der Waals surface area contributed by atoms with Gasteiger partial charge in [0.15, 0.2) is 6.10 Å². The summed E-state index contributed by atoms with van der Waals surface area (Å²) in [7, 11) is 0. The first-order valence-corrected chi connectivity index (χ1v) is 27.6. The normalized spacial score (nSPS) is 12.4. The van der Waals surface area contributed by atoms with Crippen molar-refractivity contribution in [2.75, 3.05) is 13.2 Å².